The summed E-state index contributed by atoms with van der Waals surface area (Å²) in [6.45, 7) is 1.72. The fourth-order valence-electron chi connectivity index (χ4n) is 1.78. The number of amides is 2. The Morgan fingerprint density at radius 2 is 1.94 bits per heavy atom. The zero-order valence-electron chi connectivity index (χ0n) is 8.51. The van der Waals surface area contributed by atoms with Gasteiger partial charge in [-0.25, -0.2) is 0 Å². The molecule has 1 aromatic rings. The van der Waals surface area contributed by atoms with Gasteiger partial charge in [-0.2, -0.15) is 0 Å². The lowest BCUT2D eigenvalue weighted by Crippen LogP contribution is -2.32. The molecule has 0 spiro atoms. The normalized spacial score (nSPS) is 24.7. The van der Waals surface area contributed by atoms with E-state index in [0.29, 0.717) is 15.6 Å². The molecule has 0 aliphatic carbocycles. The standard InChI is InChI=1S/C11H9Cl2NO2/c1-11(5-9(15)14-10(11)16)6-2-3-7(12)8(13)4-6/h2-4H,5H2,1H3,(H,14,15,16)/t11-/m1/s1. The number of halogens is 2. The molecule has 1 saturated heterocycles. The van der Waals surface area contributed by atoms with Crippen molar-refractivity contribution in [1.29, 1.82) is 0 Å². The summed E-state index contributed by atoms with van der Waals surface area (Å²) in [5.41, 5.74) is -0.143. The first kappa shape index (κ1) is 11.4. The van der Waals surface area contributed by atoms with Crippen LogP contribution in [0.4, 0.5) is 0 Å². The monoisotopic (exact) mass is 257 g/mol. The third-order valence-corrected chi connectivity index (χ3v) is 3.56. The van der Waals surface area contributed by atoms with Gasteiger partial charge in [0.05, 0.1) is 15.5 Å². The van der Waals surface area contributed by atoms with Crippen molar-refractivity contribution in [2.24, 2.45) is 0 Å². The Balaban J connectivity index is 2.47. The van der Waals surface area contributed by atoms with E-state index in [9.17, 15) is 9.59 Å². The van der Waals surface area contributed by atoms with Crippen LogP contribution in [0.1, 0.15) is 18.9 Å². The van der Waals surface area contributed by atoms with Crippen molar-refractivity contribution in [1.82, 2.24) is 5.32 Å². The summed E-state index contributed by atoms with van der Waals surface area (Å²) < 4.78 is 0. The summed E-state index contributed by atoms with van der Waals surface area (Å²) >= 11 is 11.7. The molecule has 5 heteroatoms. The number of imide groups is 1. The molecule has 84 valence electrons. The van der Waals surface area contributed by atoms with Crippen molar-refractivity contribution in [3.8, 4) is 0 Å². The number of carbonyl (C=O) groups excluding carboxylic acids is 2. The molecule has 0 unspecified atom stereocenters. The molecule has 1 aromatic carbocycles. The van der Waals surface area contributed by atoms with Gasteiger partial charge in [-0.1, -0.05) is 29.3 Å². The average molecular weight is 258 g/mol. The SMILES string of the molecule is C[C@]1(c2ccc(Cl)c(Cl)c2)CC(=O)NC1=O. The van der Waals surface area contributed by atoms with Gasteiger partial charge in [0.1, 0.15) is 0 Å². The molecule has 0 bridgehead atoms. The summed E-state index contributed by atoms with van der Waals surface area (Å²) in [7, 11) is 0. The quantitative estimate of drug-likeness (QED) is 0.785. The van der Waals surface area contributed by atoms with Gasteiger partial charge < -0.3 is 0 Å². The predicted molar refractivity (Wildman–Crippen MR) is 61.6 cm³/mol. The second-order valence-electron chi connectivity index (χ2n) is 4.02. The smallest absolute Gasteiger partial charge is 0.237 e. The van der Waals surface area contributed by atoms with Gasteiger partial charge in [0.2, 0.25) is 11.8 Å². The van der Waals surface area contributed by atoms with E-state index in [2.05, 4.69) is 5.32 Å². The molecule has 1 fully saturated rings. The first-order valence-corrected chi connectivity index (χ1v) is 5.49. The molecular formula is C11H9Cl2NO2. The molecule has 1 aliphatic heterocycles. The Kier molecular flexibility index (Phi) is 2.68. The van der Waals surface area contributed by atoms with Crippen molar-refractivity contribution in [3.05, 3.63) is 33.8 Å². The largest absolute Gasteiger partial charge is 0.296 e. The second-order valence-corrected chi connectivity index (χ2v) is 4.83. The van der Waals surface area contributed by atoms with Crippen molar-refractivity contribution in [3.63, 3.8) is 0 Å². The highest BCUT2D eigenvalue weighted by molar-refractivity contribution is 6.42. The zero-order chi connectivity index (χ0) is 11.9. The van der Waals surface area contributed by atoms with E-state index in [1.807, 2.05) is 0 Å². The maximum Gasteiger partial charge on any atom is 0.237 e. The Hall–Kier alpha value is -1.06. The van der Waals surface area contributed by atoms with Gasteiger partial charge in [0, 0.05) is 6.42 Å². The van der Waals surface area contributed by atoms with Crippen molar-refractivity contribution >= 4 is 35.0 Å². The van der Waals surface area contributed by atoms with Gasteiger partial charge in [-0.05, 0) is 24.6 Å². The topological polar surface area (TPSA) is 46.2 Å². The Morgan fingerprint density at radius 1 is 1.25 bits per heavy atom. The van der Waals surface area contributed by atoms with Crippen LogP contribution in [0.5, 0.6) is 0 Å². The molecule has 3 nitrogen and oxygen atoms in total. The number of rotatable bonds is 1. The van der Waals surface area contributed by atoms with Gasteiger partial charge in [-0.15, -0.1) is 0 Å². The Bertz CT molecular complexity index is 487. The molecule has 16 heavy (non-hydrogen) atoms. The summed E-state index contributed by atoms with van der Waals surface area (Å²) in [5.74, 6) is -0.561. The van der Waals surface area contributed by atoms with Crippen molar-refractivity contribution in [2.75, 3.05) is 0 Å². The first-order chi connectivity index (χ1) is 7.43. The van der Waals surface area contributed by atoms with E-state index < -0.39 is 5.41 Å². The number of benzene rings is 1. The van der Waals surface area contributed by atoms with E-state index in [1.54, 1.807) is 25.1 Å². The van der Waals surface area contributed by atoms with Crippen molar-refractivity contribution < 1.29 is 9.59 Å². The highest BCUT2D eigenvalue weighted by atomic mass is 35.5. The van der Waals surface area contributed by atoms with Crippen LogP contribution in [0.25, 0.3) is 0 Å². The number of hydrogen-bond donors (Lipinski definition) is 1. The third-order valence-electron chi connectivity index (χ3n) is 2.82. The summed E-state index contributed by atoms with van der Waals surface area (Å²) in [5, 5.41) is 3.10. The van der Waals surface area contributed by atoms with Gasteiger partial charge in [0.15, 0.2) is 0 Å². The van der Waals surface area contributed by atoms with Crippen LogP contribution >= 0.6 is 23.2 Å². The molecule has 2 rings (SSSR count). The van der Waals surface area contributed by atoms with Crippen LogP contribution < -0.4 is 5.32 Å². The van der Waals surface area contributed by atoms with Gasteiger partial charge >= 0.3 is 0 Å². The minimum absolute atomic E-state index is 0.143. The van der Waals surface area contributed by atoms with Crippen molar-refractivity contribution in [2.45, 2.75) is 18.8 Å². The maximum atomic E-state index is 11.7. The third kappa shape index (κ3) is 1.70. The van der Waals surface area contributed by atoms with Crippen LogP contribution in [-0.2, 0) is 15.0 Å². The highest BCUT2D eigenvalue weighted by Gasteiger charge is 2.44. The lowest BCUT2D eigenvalue weighted by atomic mass is 9.81. The van der Waals surface area contributed by atoms with Crippen LogP contribution in [0.15, 0.2) is 18.2 Å². The summed E-state index contributed by atoms with van der Waals surface area (Å²) in [6, 6.07) is 4.97. The Labute approximate surface area is 103 Å². The number of hydrogen-bond acceptors (Lipinski definition) is 2. The average Bonchev–Trinajstić information content (AvgIpc) is 2.46. The lowest BCUT2D eigenvalue weighted by Gasteiger charge is -2.20. The van der Waals surface area contributed by atoms with Crippen LogP contribution in [0.3, 0.4) is 0 Å². The maximum absolute atomic E-state index is 11.7. The molecule has 1 N–H and O–H groups in total. The lowest BCUT2D eigenvalue weighted by molar-refractivity contribution is -0.126. The molecule has 0 aromatic heterocycles. The summed E-state index contributed by atoms with van der Waals surface area (Å²) in [6.07, 6.45) is 0.143. The fraction of sp³-hybridized carbons (Fsp3) is 0.273. The van der Waals surface area contributed by atoms with E-state index >= 15 is 0 Å². The second kappa shape index (κ2) is 3.75. The zero-order valence-corrected chi connectivity index (χ0v) is 10.0. The number of nitrogens with one attached hydrogen (secondary N) is 1. The first-order valence-electron chi connectivity index (χ1n) is 4.73. The molecule has 0 radical (unpaired) electrons. The van der Waals surface area contributed by atoms with E-state index in [0.717, 1.165) is 0 Å². The molecular weight excluding hydrogens is 249 g/mol. The van der Waals surface area contributed by atoms with Crippen LogP contribution in [0.2, 0.25) is 10.0 Å². The number of carbonyl (C=O) groups is 2. The van der Waals surface area contributed by atoms with Crippen LogP contribution in [-0.4, -0.2) is 11.8 Å². The van der Waals surface area contributed by atoms with E-state index in [1.165, 1.54) is 0 Å². The summed E-state index contributed by atoms with van der Waals surface area (Å²) in [4.78, 5) is 22.9. The molecule has 1 atom stereocenters. The molecule has 2 amide bonds. The van der Waals surface area contributed by atoms with E-state index in [4.69, 9.17) is 23.2 Å². The van der Waals surface area contributed by atoms with Crippen LogP contribution in [0, 0.1) is 0 Å². The fourth-order valence-corrected chi connectivity index (χ4v) is 2.08. The predicted octanol–water partition coefficient (Wildman–Crippen LogP) is 2.30. The molecule has 0 saturated carbocycles. The van der Waals surface area contributed by atoms with Gasteiger partial charge in [-0.3, -0.25) is 14.9 Å². The minimum Gasteiger partial charge on any atom is -0.296 e. The van der Waals surface area contributed by atoms with E-state index in [-0.39, 0.29) is 18.2 Å². The van der Waals surface area contributed by atoms with Gasteiger partial charge in [0.25, 0.3) is 0 Å². The molecule has 1 aliphatic rings. The minimum atomic E-state index is -0.842. The molecule has 1 heterocycles. The highest BCUT2D eigenvalue weighted by Crippen LogP contribution is 2.35. The Morgan fingerprint density at radius 3 is 2.44 bits per heavy atom.